The Hall–Kier alpha value is -3.14. The highest BCUT2D eigenvalue weighted by Crippen LogP contribution is 2.65. The minimum Gasteiger partial charge on any atom is -0.335 e. The lowest BCUT2D eigenvalue weighted by Crippen LogP contribution is -2.52. The van der Waals surface area contributed by atoms with E-state index in [9.17, 15) is 10.1 Å². The number of amides is 2. The molecule has 0 saturated heterocycles. The van der Waals surface area contributed by atoms with Crippen LogP contribution in [0.3, 0.4) is 0 Å². The molecular formula is C28H34N6O. The summed E-state index contributed by atoms with van der Waals surface area (Å²) in [7, 11) is 0. The minimum atomic E-state index is -0.0210. The van der Waals surface area contributed by atoms with E-state index in [1.807, 2.05) is 12.5 Å². The van der Waals surface area contributed by atoms with Gasteiger partial charge < -0.3 is 9.88 Å². The van der Waals surface area contributed by atoms with Gasteiger partial charge in [0.25, 0.3) is 0 Å². The van der Waals surface area contributed by atoms with Gasteiger partial charge in [0, 0.05) is 42.0 Å². The average molecular weight is 471 g/mol. The third-order valence-corrected chi connectivity index (χ3v) is 9.92. The first kappa shape index (κ1) is 22.3. The summed E-state index contributed by atoms with van der Waals surface area (Å²) in [6, 6.07) is 2.35. The molecule has 3 unspecified atom stereocenters. The number of carbonyl (C=O) groups is 1. The van der Waals surface area contributed by atoms with Gasteiger partial charge in [-0.2, -0.15) is 5.26 Å². The van der Waals surface area contributed by atoms with Gasteiger partial charge in [-0.15, -0.1) is 0 Å². The number of rotatable bonds is 2. The SMILES string of the molecule is C[C@]12CC[C@H](NC(=O)N3C=CN=CC3)CC1=CCC1C2CC[C@]2(C)C(n3cnc(C#N)c3)=CCC12. The van der Waals surface area contributed by atoms with E-state index in [1.54, 1.807) is 29.1 Å². The maximum Gasteiger partial charge on any atom is 0.322 e. The molecule has 0 radical (unpaired) electrons. The third kappa shape index (κ3) is 3.49. The summed E-state index contributed by atoms with van der Waals surface area (Å²) in [5.74, 6) is 2.01. The van der Waals surface area contributed by atoms with Crippen molar-refractivity contribution in [2.24, 2.45) is 33.6 Å². The van der Waals surface area contributed by atoms with Crippen molar-refractivity contribution in [2.75, 3.05) is 6.54 Å². The van der Waals surface area contributed by atoms with Crippen LogP contribution in [-0.2, 0) is 0 Å². The smallest absolute Gasteiger partial charge is 0.322 e. The fourth-order valence-electron chi connectivity index (χ4n) is 8.03. The molecule has 2 saturated carbocycles. The van der Waals surface area contributed by atoms with Crippen molar-refractivity contribution in [3.63, 3.8) is 0 Å². The number of allylic oxidation sites excluding steroid dienone is 3. The molecular weight excluding hydrogens is 436 g/mol. The molecule has 2 fully saturated rings. The molecule has 0 spiro atoms. The molecule has 2 amide bonds. The Balaban J connectivity index is 1.18. The monoisotopic (exact) mass is 470 g/mol. The first-order valence-corrected chi connectivity index (χ1v) is 13.0. The molecule has 0 bridgehead atoms. The van der Waals surface area contributed by atoms with Crippen molar-refractivity contribution in [1.29, 1.82) is 5.26 Å². The number of nitrogens with zero attached hydrogens (tertiary/aromatic N) is 5. The molecule has 6 atom stereocenters. The van der Waals surface area contributed by atoms with Crippen LogP contribution in [0, 0.1) is 39.9 Å². The number of aliphatic imine (C=N–C) groups is 1. The zero-order valence-corrected chi connectivity index (χ0v) is 20.7. The standard InChI is InChI=1S/C28H34N6O/c1-27-9-7-20(32-26(35)33-13-11-30-12-14-33)15-19(27)3-4-22-23-5-6-25(28(23,2)10-8-24(22)27)34-17-21(16-29)31-18-34/h3,6,11-13,17-18,20,22-24H,4-5,7-10,14-15H2,1-2H3,(H,32,35)/t20-,22?,23?,24?,27-,28-/m0/s1. The van der Waals surface area contributed by atoms with E-state index in [-0.39, 0.29) is 22.9 Å². The lowest BCUT2D eigenvalue weighted by atomic mass is 9.47. The van der Waals surface area contributed by atoms with Crippen LogP contribution in [0.25, 0.3) is 5.70 Å². The summed E-state index contributed by atoms with van der Waals surface area (Å²) in [5, 5.41) is 12.5. The van der Waals surface area contributed by atoms with Crippen LogP contribution in [-0.4, -0.2) is 39.3 Å². The maximum absolute atomic E-state index is 12.7. The Morgan fingerprint density at radius 1 is 1.17 bits per heavy atom. The first-order valence-electron chi connectivity index (χ1n) is 13.0. The van der Waals surface area contributed by atoms with E-state index in [2.05, 4.69) is 51.9 Å². The van der Waals surface area contributed by atoms with Gasteiger partial charge in [-0.05, 0) is 68.1 Å². The Morgan fingerprint density at radius 3 is 2.80 bits per heavy atom. The van der Waals surface area contributed by atoms with Gasteiger partial charge in [0.1, 0.15) is 12.4 Å². The summed E-state index contributed by atoms with van der Waals surface area (Å²) < 4.78 is 2.10. The largest absolute Gasteiger partial charge is 0.335 e. The van der Waals surface area contributed by atoms with Gasteiger partial charge in [-0.1, -0.05) is 31.6 Å². The molecule has 6 rings (SSSR count). The fraction of sp³-hybridized carbons (Fsp3) is 0.571. The van der Waals surface area contributed by atoms with Crippen molar-refractivity contribution in [1.82, 2.24) is 19.8 Å². The van der Waals surface area contributed by atoms with Crippen molar-refractivity contribution in [3.05, 3.63) is 48.3 Å². The number of carbonyl (C=O) groups excluding carboxylic acids is 1. The van der Waals surface area contributed by atoms with Gasteiger partial charge >= 0.3 is 6.03 Å². The second kappa shape index (κ2) is 8.22. The molecule has 35 heavy (non-hydrogen) atoms. The van der Waals surface area contributed by atoms with Crippen LogP contribution in [0.15, 0.2) is 47.6 Å². The van der Waals surface area contributed by atoms with Gasteiger partial charge in [0.05, 0.1) is 6.54 Å². The average Bonchev–Trinajstić information content (AvgIpc) is 3.48. The third-order valence-electron chi connectivity index (χ3n) is 9.92. The fourth-order valence-corrected chi connectivity index (χ4v) is 8.03. The van der Waals surface area contributed by atoms with Gasteiger partial charge in [0.2, 0.25) is 0 Å². The van der Waals surface area contributed by atoms with Crippen LogP contribution in [0.2, 0.25) is 0 Å². The van der Waals surface area contributed by atoms with E-state index in [4.69, 9.17) is 0 Å². The molecule has 1 aliphatic heterocycles. The highest BCUT2D eigenvalue weighted by molar-refractivity contribution is 5.80. The molecule has 1 aromatic rings. The topological polar surface area (TPSA) is 86.3 Å². The molecule has 5 aliphatic rings. The Kier molecular flexibility index (Phi) is 5.24. The molecule has 7 heteroatoms. The number of imidazole rings is 1. The van der Waals surface area contributed by atoms with Gasteiger partial charge in [-0.25, -0.2) is 9.78 Å². The Bertz CT molecular complexity index is 1200. The van der Waals surface area contributed by atoms with E-state index in [1.165, 1.54) is 18.5 Å². The van der Waals surface area contributed by atoms with Crippen LogP contribution >= 0.6 is 0 Å². The van der Waals surface area contributed by atoms with Crippen molar-refractivity contribution in [2.45, 2.75) is 64.8 Å². The maximum atomic E-state index is 12.7. The van der Waals surface area contributed by atoms with E-state index >= 15 is 0 Å². The number of nitrogens with one attached hydrogen (secondary N) is 1. The summed E-state index contributed by atoms with van der Waals surface area (Å²) >= 11 is 0. The van der Waals surface area contributed by atoms with Crippen molar-refractivity contribution < 1.29 is 4.79 Å². The van der Waals surface area contributed by atoms with Crippen LogP contribution in [0.1, 0.15) is 64.5 Å². The van der Waals surface area contributed by atoms with Crippen LogP contribution in [0.5, 0.6) is 0 Å². The molecule has 0 aromatic carbocycles. The van der Waals surface area contributed by atoms with Crippen molar-refractivity contribution >= 4 is 17.9 Å². The van der Waals surface area contributed by atoms with Crippen molar-refractivity contribution in [3.8, 4) is 6.07 Å². The molecule has 7 nitrogen and oxygen atoms in total. The summed E-state index contributed by atoms with van der Waals surface area (Å²) in [4.78, 5) is 22.7. The van der Waals surface area contributed by atoms with Crippen LogP contribution in [0.4, 0.5) is 4.79 Å². The second-order valence-corrected chi connectivity index (χ2v) is 11.5. The number of hydrogen-bond donors (Lipinski definition) is 1. The number of aromatic nitrogens is 2. The molecule has 1 aromatic heterocycles. The summed E-state index contributed by atoms with van der Waals surface area (Å²) in [5.41, 5.74) is 3.74. The Labute approximate surface area is 207 Å². The minimum absolute atomic E-state index is 0.0210. The highest BCUT2D eigenvalue weighted by Gasteiger charge is 2.57. The Morgan fingerprint density at radius 2 is 2.03 bits per heavy atom. The predicted molar refractivity (Wildman–Crippen MR) is 135 cm³/mol. The van der Waals surface area contributed by atoms with Gasteiger partial charge in [0.15, 0.2) is 5.69 Å². The summed E-state index contributed by atoms with van der Waals surface area (Å²) in [6.07, 6.45) is 21.6. The quantitative estimate of drug-likeness (QED) is 0.610. The van der Waals surface area contributed by atoms with E-state index in [0.29, 0.717) is 30.0 Å². The zero-order valence-electron chi connectivity index (χ0n) is 20.7. The van der Waals surface area contributed by atoms with E-state index in [0.717, 1.165) is 32.1 Å². The van der Waals surface area contributed by atoms with Gasteiger partial charge in [-0.3, -0.25) is 9.89 Å². The normalized spacial score (nSPS) is 37.5. The second-order valence-electron chi connectivity index (χ2n) is 11.5. The molecule has 1 N–H and O–H groups in total. The molecule has 182 valence electrons. The molecule has 2 heterocycles. The van der Waals surface area contributed by atoms with E-state index < -0.39 is 0 Å². The molecule has 4 aliphatic carbocycles. The highest BCUT2D eigenvalue weighted by atomic mass is 16.2. The zero-order chi connectivity index (χ0) is 24.2. The predicted octanol–water partition coefficient (Wildman–Crippen LogP) is 5.10. The van der Waals surface area contributed by atoms with Crippen LogP contribution < -0.4 is 5.32 Å². The number of nitriles is 1. The lowest BCUT2D eigenvalue weighted by molar-refractivity contribution is -0.0135. The number of urea groups is 1. The number of fused-ring (bicyclic) bond motifs is 5. The number of hydrogen-bond acceptors (Lipinski definition) is 4. The summed E-state index contributed by atoms with van der Waals surface area (Å²) in [6.45, 7) is 5.47. The lowest BCUT2D eigenvalue weighted by Gasteiger charge is -2.58. The first-order chi connectivity index (χ1) is 16.9.